The molecule has 0 aliphatic carbocycles. The van der Waals surface area contributed by atoms with Gasteiger partial charge in [0.25, 0.3) is 5.91 Å². The number of hydrogen-bond donors (Lipinski definition) is 4. The monoisotopic (exact) mass is 420 g/mol. The molecule has 1 amide bonds. The van der Waals surface area contributed by atoms with Crippen LogP contribution in [0.25, 0.3) is 0 Å². The highest BCUT2D eigenvalue weighted by atomic mass is 16.5. The third-order valence-electron chi connectivity index (χ3n) is 4.80. The molecule has 0 unspecified atom stereocenters. The van der Waals surface area contributed by atoms with E-state index in [1.807, 2.05) is 42.5 Å². The third-order valence-corrected chi connectivity index (χ3v) is 4.80. The highest BCUT2D eigenvalue weighted by Crippen LogP contribution is 2.30. The van der Waals surface area contributed by atoms with Gasteiger partial charge in [-0.25, -0.2) is 4.98 Å². The lowest BCUT2D eigenvalue weighted by Crippen LogP contribution is -2.17. The maximum Gasteiger partial charge on any atom is 0.254 e. The summed E-state index contributed by atoms with van der Waals surface area (Å²) in [6.45, 7) is 1.99. The Hall–Kier alpha value is -4.01. The molecule has 4 rings (SSSR count). The van der Waals surface area contributed by atoms with Crippen molar-refractivity contribution in [3.8, 4) is 11.5 Å². The molecule has 2 aromatic carbocycles. The summed E-state index contributed by atoms with van der Waals surface area (Å²) in [5.74, 6) is 1.69. The van der Waals surface area contributed by atoms with Gasteiger partial charge in [0.05, 0.1) is 25.0 Å². The predicted octanol–water partition coefficient (Wildman–Crippen LogP) is 3.13. The van der Waals surface area contributed by atoms with E-state index >= 15 is 0 Å². The number of nitrogens with two attached hydrogens (primary N) is 1. The maximum absolute atomic E-state index is 11.8. The van der Waals surface area contributed by atoms with Crippen LogP contribution in [0.4, 0.5) is 23.1 Å². The maximum atomic E-state index is 11.8. The summed E-state index contributed by atoms with van der Waals surface area (Å²) in [6.07, 6.45) is 2.36. The zero-order chi connectivity index (χ0) is 21.6. The first-order valence-corrected chi connectivity index (χ1v) is 9.94. The number of carbonyl (C=O) groups excluding carboxylic acids is 1. The van der Waals surface area contributed by atoms with Crippen molar-refractivity contribution in [3.05, 3.63) is 59.8 Å². The van der Waals surface area contributed by atoms with E-state index in [9.17, 15) is 4.79 Å². The molecule has 0 spiro atoms. The Morgan fingerprint density at radius 2 is 2.10 bits per heavy atom. The number of benzene rings is 2. The Balaban J connectivity index is 1.52. The molecule has 5 N–H and O–H groups in total. The molecule has 9 heteroatoms. The minimum absolute atomic E-state index is 0.219. The molecule has 3 aromatic rings. The molecular weight excluding hydrogens is 396 g/mol. The molecule has 1 aromatic heterocycles. The van der Waals surface area contributed by atoms with Gasteiger partial charge >= 0.3 is 0 Å². The van der Waals surface area contributed by atoms with Crippen LogP contribution in [0.5, 0.6) is 11.5 Å². The molecule has 1 aliphatic rings. The summed E-state index contributed by atoms with van der Waals surface area (Å²) in [4.78, 5) is 20.5. The van der Waals surface area contributed by atoms with Gasteiger partial charge in [-0.1, -0.05) is 12.1 Å². The second-order valence-corrected chi connectivity index (χ2v) is 6.99. The first-order valence-electron chi connectivity index (χ1n) is 9.94. The van der Waals surface area contributed by atoms with Gasteiger partial charge in [0.2, 0.25) is 5.95 Å². The number of carbonyl (C=O) groups is 1. The number of primary amides is 1. The van der Waals surface area contributed by atoms with Crippen LogP contribution in [0.3, 0.4) is 0 Å². The molecule has 0 bridgehead atoms. The van der Waals surface area contributed by atoms with Crippen molar-refractivity contribution in [2.45, 2.75) is 13.0 Å². The van der Waals surface area contributed by atoms with Crippen LogP contribution < -0.4 is 31.2 Å². The number of rotatable bonds is 7. The predicted molar refractivity (Wildman–Crippen MR) is 119 cm³/mol. The van der Waals surface area contributed by atoms with Crippen LogP contribution in [-0.2, 0) is 6.54 Å². The Kier molecular flexibility index (Phi) is 6.02. The number of nitrogens with zero attached hydrogens (tertiary/aromatic N) is 2. The molecule has 0 saturated carbocycles. The van der Waals surface area contributed by atoms with Crippen LogP contribution in [0.1, 0.15) is 22.3 Å². The van der Waals surface area contributed by atoms with Gasteiger partial charge in [-0.2, -0.15) is 4.98 Å². The number of anilines is 4. The van der Waals surface area contributed by atoms with E-state index in [-0.39, 0.29) is 5.56 Å². The summed E-state index contributed by atoms with van der Waals surface area (Å²) in [6, 6.07) is 13.3. The van der Waals surface area contributed by atoms with E-state index in [2.05, 4.69) is 25.9 Å². The topological polar surface area (TPSA) is 123 Å². The molecular formula is C22H24N6O3. The van der Waals surface area contributed by atoms with Crippen molar-refractivity contribution >= 4 is 29.0 Å². The van der Waals surface area contributed by atoms with Gasteiger partial charge < -0.3 is 31.2 Å². The van der Waals surface area contributed by atoms with E-state index in [4.69, 9.17) is 15.2 Å². The number of ether oxygens (including phenoxy) is 2. The fourth-order valence-corrected chi connectivity index (χ4v) is 3.16. The fraction of sp³-hybridized carbons (Fsp3) is 0.227. The average Bonchev–Trinajstić information content (AvgIpc) is 3.03. The van der Waals surface area contributed by atoms with E-state index < -0.39 is 5.91 Å². The summed E-state index contributed by atoms with van der Waals surface area (Å²) in [7, 11) is 1.62. The van der Waals surface area contributed by atoms with Crippen molar-refractivity contribution in [2.75, 3.05) is 36.2 Å². The number of fused-ring (bicyclic) bond motifs is 1. The summed E-state index contributed by atoms with van der Waals surface area (Å²) >= 11 is 0. The quantitative estimate of drug-likeness (QED) is 0.460. The number of methoxy groups -OCH3 is 1. The van der Waals surface area contributed by atoms with Crippen molar-refractivity contribution in [1.29, 1.82) is 0 Å². The minimum Gasteiger partial charge on any atom is -0.497 e. The average molecular weight is 420 g/mol. The van der Waals surface area contributed by atoms with Crippen molar-refractivity contribution in [2.24, 2.45) is 5.73 Å². The lowest BCUT2D eigenvalue weighted by atomic mass is 10.2. The lowest BCUT2D eigenvalue weighted by molar-refractivity contribution is 0.100. The van der Waals surface area contributed by atoms with Crippen LogP contribution in [0.15, 0.2) is 48.7 Å². The Morgan fingerprint density at radius 3 is 2.87 bits per heavy atom. The molecule has 0 radical (unpaired) electrons. The van der Waals surface area contributed by atoms with Crippen LogP contribution in [0.2, 0.25) is 0 Å². The Bertz CT molecular complexity index is 1070. The van der Waals surface area contributed by atoms with E-state index in [1.165, 1.54) is 6.20 Å². The lowest BCUT2D eigenvalue weighted by Gasteiger charge is -2.13. The van der Waals surface area contributed by atoms with Crippen molar-refractivity contribution in [3.63, 3.8) is 0 Å². The van der Waals surface area contributed by atoms with Crippen molar-refractivity contribution < 1.29 is 14.3 Å². The van der Waals surface area contributed by atoms with Crippen LogP contribution in [-0.4, -0.2) is 36.1 Å². The van der Waals surface area contributed by atoms with Crippen molar-refractivity contribution in [1.82, 2.24) is 9.97 Å². The van der Waals surface area contributed by atoms with Gasteiger partial charge in [0.15, 0.2) is 0 Å². The first-order chi connectivity index (χ1) is 15.1. The molecule has 0 fully saturated rings. The van der Waals surface area contributed by atoms with Crippen LogP contribution >= 0.6 is 0 Å². The number of aromatic nitrogens is 2. The highest BCUT2D eigenvalue weighted by molar-refractivity contribution is 5.97. The zero-order valence-corrected chi connectivity index (χ0v) is 17.1. The molecule has 0 saturated heterocycles. The largest absolute Gasteiger partial charge is 0.497 e. The van der Waals surface area contributed by atoms with Gasteiger partial charge in [-0.05, 0) is 42.3 Å². The molecule has 9 nitrogen and oxygen atoms in total. The van der Waals surface area contributed by atoms with E-state index in [0.717, 1.165) is 41.4 Å². The second kappa shape index (κ2) is 9.21. The molecule has 31 heavy (non-hydrogen) atoms. The zero-order valence-electron chi connectivity index (χ0n) is 17.1. The summed E-state index contributed by atoms with van der Waals surface area (Å²) in [5, 5.41) is 9.68. The summed E-state index contributed by atoms with van der Waals surface area (Å²) < 4.78 is 10.9. The number of hydrogen-bond acceptors (Lipinski definition) is 8. The standard InChI is InChI=1S/C22H24N6O3/c1-30-16-6-3-14(4-7-16)12-25-21-17(20(23)29)13-26-22(28-21)27-15-5-8-19-18(11-15)24-9-2-10-31-19/h3-8,11,13,24H,2,9-10,12H2,1H3,(H2,23,29)(H2,25,26,27,28). The van der Waals surface area contributed by atoms with Gasteiger partial charge in [0.1, 0.15) is 17.3 Å². The number of nitrogens with one attached hydrogen (secondary N) is 3. The van der Waals surface area contributed by atoms with Gasteiger partial charge in [0, 0.05) is 25.0 Å². The van der Waals surface area contributed by atoms with Gasteiger partial charge in [-0.3, -0.25) is 4.79 Å². The highest BCUT2D eigenvalue weighted by Gasteiger charge is 2.14. The normalized spacial score (nSPS) is 12.5. The van der Waals surface area contributed by atoms with Gasteiger partial charge in [-0.15, -0.1) is 0 Å². The minimum atomic E-state index is -0.602. The summed E-state index contributed by atoms with van der Waals surface area (Å²) in [5.41, 5.74) is 8.42. The molecule has 0 atom stereocenters. The van der Waals surface area contributed by atoms with E-state index in [0.29, 0.717) is 24.9 Å². The van der Waals surface area contributed by atoms with Crippen LogP contribution in [0, 0.1) is 0 Å². The fourth-order valence-electron chi connectivity index (χ4n) is 3.16. The molecule has 2 heterocycles. The smallest absolute Gasteiger partial charge is 0.254 e. The third kappa shape index (κ3) is 4.95. The molecule has 160 valence electrons. The SMILES string of the molecule is COc1ccc(CNc2nc(Nc3ccc4c(c3)NCCCO4)ncc2C(N)=O)cc1. The number of amides is 1. The van der Waals surface area contributed by atoms with E-state index in [1.54, 1.807) is 7.11 Å². The Labute approximate surface area is 180 Å². The first kappa shape index (κ1) is 20.3. The second-order valence-electron chi connectivity index (χ2n) is 6.99. The Morgan fingerprint density at radius 1 is 1.26 bits per heavy atom. The molecule has 1 aliphatic heterocycles.